The monoisotopic (exact) mass is 342 g/mol. The van der Waals surface area contributed by atoms with E-state index in [1.807, 2.05) is 23.1 Å². The smallest absolute Gasteiger partial charge is 0.257 e. The second-order valence-corrected chi connectivity index (χ2v) is 6.66. The number of amides is 1. The van der Waals surface area contributed by atoms with Gasteiger partial charge in [0.1, 0.15) is 6.26 Å². The summed E-state index contributed by atoms with van der Waals surface area (Å²) in [5, 5.41) is 0. The van der Waals surface area contributed by atoms with Crippen LogP contribution in [-0.4, -0.2) is 47.7 Å². The van der Waals surface area contributed by atoms with Crippen molar-refractivity contribution in [1.82, 2.24) is 9.88 Å². The summed E-state index contributed by atoms with van der Waals surface area (Å²) in [5.41, 5.74) is 1.54. The molecule has 1 aliphatic carbocycles. The molecule has 1 saturated heterocycles. The summed E-state index contributed by atoms with van der Waals surface area (Å²) < 4.78 is 16.8. The number of furan rings is 1. The van der Waals surface area contributed by atoms with Gasteiger partial charge in [-0.25, -0.2) is 0 Å². The summed E-state index contributed by atoms with van der Waals surface area (Å²) in [6, 6.07) is 7.66. The van der Waals surface area contributed by atoms with Crippen molar-refractivity contribution in [1.29, 1.82) is 0 Å². The first kappa shape index (κ1) is 16.3. The normalized spacial score (nSPS) is 25.8. The lowest BCUT2D eigenvalue weighted by molar-refractivity contribution is -0.0450. The van der Waals surface area contributed by atoms with Crippen molar-refractivity contribution in [2.75, 3.05) is 19.8 Å². The number of pyridine rings is 1. The highest BCUT2D eigenvalue weighted by atomic mass is 16.5. The minimum absolute atomic E-state index is 0.0297. The number of carbonyl (C=O) groups is 1. The van der Waals surface area contributed by atoms with Crippen LogP contribution in [0, 0.1) is 5.92 Å². The minimum atomic E-state index is 0.0297. The molecular weight excluding hydrogens is 320 g/mol. The van der Waals surface area contributed by atoms with E-state index in [4.69, 9.17) is 13.9 Å². The first-order chi connectivity index (χ1) is 12.3. The van der Waals surface area contributed by atoms with Crippen LogP contribution < -0.4 is 0 Å². The van der Waals surface area contributed by atoms with Gasteiger partial charge in [0.2, 0.25) is 0 Å². The Morgan fingerprint density at radius 3 is 3.08 bits per heavy atom. The average molecular weight is 342 g/mol. The molecule has 1 amide bonds. The molecule has 1 saturated carbocycles. The van der Waals surface area contributed by atoms with Crippen molar-refractivity contribution in [3.8, 4) is 0 Å². The van der Waals surface area contributed by atoms with Crippen LogP contribution in [0.5, 0.6) is 0 Å². The van der Waals surface area contributed by atoms with E-state index in [1.54, 1.807) is 12.3 Å². The van der Waals surface area contributed by atoms with Gasteiger partial charge in [-0.3, -0.25) is 9.78 Å². The Kier molecular flexibility index (Phi) is 4.81. The van der Waals surface area contributed by atoms with Crippen LogP contribution in [0.3, 0.4) is 0 Å². The zero-order chi connectivity index (χ0) is 17.1. The highest BCUT2D eigenvalue weighted by Crippen LogP contribution is 2.35. The molecule has 0 bridgehead atoms. The molecule has 2 aliphatic rings. The maximum absolute atomic E-state index is 12.7. The highest BCUT2D eigenvalue weighted by molar-refractivity contribution is 5.94. The molecule has 0 N–H and O–H groups in total. The zero-order valence-electron chi connectivity index (χ0n) is 14.0. The van der Waals surface area contributed by atoms with E-state index in [9.17, 15) is 4.79 Å². The van der Waals surface area contributed by atoms with E-state index in [1.165, 1.54) is 12.5 Å². The number of nitrogens with zero attached hydrogens (tertiary/aromatic N) is 2. The fourth-order valence-electron chi connectivity index (χ4n) is 3.80. The molecule has 4 rings (SSSR count). The van der Waals surface area contributed by atoms with Crippen LogP contribution in [0.25, 0.3) is 0 Å². The third kappa shape index (κ3) is 3.60. The van der Waals surface area contributed by atoms with Crippen molar-refractivity contribution >= 4 is 5.91 Å². The molecule has 2 fully saturated rings. The molecule has 3 atom stereocenters. The maximum atomic E-state index is 12.7. The Bertz CT molecular complexity index is 689. The molecule has 0 radical (unpaired) electrons. The second-order valence-electron chi connectivity index (χ2n) is 6.66. The number of morpholine rings is 1. The standard InChI is InChI=1S/C19H22N2O4/c22-19(15-4-7-23-12-15)21-6-8-25-18-10-14(9-17(18)21)11-24-13-16-3-1-2-5-20-16/h1-5,7,12,14,17-18H,6,8-11,13H2/t14-,17+,18-/m1/s1. The van der Waals surface area contributed by atoms with Gasteiger partial charge in [-0.1, -0.05) is 6.07 Å². The van der Waals surface area contributed by atoms with Crippen LogP contribution in [-0.2, 0) is 16.1 Å². The van der Waals surface area contributed by atoms with Crippen molar-refractivity contribution in [2.45, 2.75) is 31.6 Å². The Hall–Kier alpha value is -2.18. The first-order valence-electron chi connectivity index (χ1n) is 8.73. The van der Waals surface area contributed by atoms with E-state index in [0.29, 0.717) is 37.8 Å². The lowest BCUT2D eigenvalue weighted by atomic mass is 10.1. The van der Waals surface area contributed by atoms with Gasteiger partial charge >= 0.3 is 0 Å². The average Bonchev–Trinajstić information content (AvgIpc) is 3.31. The molecule has 0 spiro atoms. The van der Waals surface area contributed by atoms with Gasteiger partial charge in [0.05, 0.1) is 49.5 Å². The molecule has 25 heavy (non-hydrogen) atoms. The first-order valence-corrected chi connectivity index (χ1v) is 8.73. The van der Waals surface area contributed by atoms with Gasteiger partial charge < -0.3 is 18.8 Å². The molecule has 0 unspecified atom stereocenters. The summed E-state index contributed by atoms with van der Waals surface area (Å²) >= 11 is 0. The molecule has 1 aliphatic heterocycles. The van der Waals surface area contributed by atoms with Crippen molar-refractivity contribution < 1.29 is 18.7 Å². The van der Waals surface area contributed by atoms with Gasteiger partial charge in [0.25, 0.3) is 5.91 Å². The van der Waals surface area contributed by atoms with Crippen molar-refractivity contribution in [2.24, 2.45) is 5.92 Å². The molecule has 3 heterocycles. The predicted octanol–water partition coefficient (Wildman–Crippen LogP) is 2.51. The third-order valence-corrected chi connectivity index (χ3v) is 4.99. The largest absolute Gasteiger partial charge is 0.472 e. The van der Waals surface area contributed by atoms with Crippen LogP contribution >= 0.6 is 0 Å². The fourth-order valence-corrected chi connectivity index (χ4v) is 3.80. The maximum Gasteiger partial charge on any atom is 0.257 e. The van der Waals surface area contributed by atoms with Crippen molar-refractivity contribution in [3.05, 3.63) is 54.2 Å². The number of fused-ring (bicyclic) bond motifs is 1. The molecule has 6 nitrogen and oxygen atoms in total. The highest BCUT2D eigenvalue weighted by Gasteiger charge is 2.43. The van der Waals surface area contributed by atoms with Crippen molar-refractivity contribution in [3.63, 3.8) is 0 Å². The summed E-state index contributed by atoms with van der Waals surface area (Å²) in [6.07, 6.45) is 6.77. The van der Waals surface area contributed by atoms with Crippen LogP contribution in [0.4, 0.5) is 0 Å². The second kappa shape index (κ2) is 7.37. The molecule has 0 aromatic carbocycles. The third-order valence-electron chi connectivity index (χ3n) is 4.99. The topological polar surface area (TPSA) is 64.8 Å². The van der Waals surface area contributed by atoms with Gasteiger partial charge in [0.15, 0.2) is 0 Å². The quantitative estimate of drug-likeness (QED) is 0.835. The van der Waals surface area contributed by atoms with Crippen LogP contribution in [0.1, 0.15) is 28.9 Å². The van der Waals surface area contributed by atoms with Gasteiger partial charge in [-0.05, 0) is 37.0 Å². The molecule has 6 heteroatoms. The van der Waals surface area contributed by atoms with E-state index in [-0.39, 0.29) is 18.1 Å². The Balaban J connectivity index is 1.33. The Morgan fingerprint density at radius 1 is 1.32 bits per heavy atom. The van der Waals surface area contributed by atoms with Crippen LogP contribution in [0.2, 0.25) is 0 Å². The summed E-state index contributed by atoms with van der Waals surface area (Å²) in [7, 11) is 0. The minimum Gasteiger partial charge on any atom is -0.472 e. The molecule has 132 valence electrons. The number of ether oxygens (including phenoxy) is 2. The number of aromatic nitrogens is 1. The van der Waals surface area contributed by atoms with E-state index in [2.05, 4.69) is 4.98 Å². The molecule has 2 aromatic heterocycles. The predicted molar refractivity (Wildman–Crippen MR) is 89.9 cm³/mol. The molecular formula is C19H22N2O4. The number of rotatable bonds is 5. The summed E-state index contributed by atoms with van der Waals surface area (Å²) in [6.45, 7) is 2.41. The lowest BCUT2D eigenvalue weighted by Crippen LogP contribution is -2.51. The SMILES string of the molecule is O=C(c1ccoc1)N1CCO[C@@H]2C[C@H](COCc3ccccn3)C[C@@H]21. The van der Waals surface area contributed by atoms with Crippen LogP contribution in [0.15, 0.2) is 47.4 Å². The van der Waals surface area contributed by atoms with Gasteiger partial charge in [-0.15, -0.1) is 0 Å². The summed E-state index contributed by atoms with van der Waals surface area (Å²) in [5.74, 6) is 0.429. The number of carbonyl (C=O) groups excluding carboxylic acids is 1. The number of hydrogen-bond acceptors (Lipinski definition) is 5. The fraction of sp³-hybridized carbons (Fsp3) is 0.474. The zero-order valence-corrected chi connectivity index (χ0v) is 14.0. The van der Waals surface area contributed by atoms with Gasteiger partial charge in [0, 0.05) is 12.7 Å². The molecule has 2 aromatic rings. The Labute approximate surface area is 146 Å². The number of hydrogen-bond donors (Lipinski definition) is 0. The lowest BCUT2D eigenvalue weighted by Gasteiger charge is -2.37. The Morgan fingerprint density at radius 2 is 2.28 bits per heavy atom. The van der Waals surface area contributed by atoms with Gasteiger partial charge in [-0.2, -0.15) is 0 Å². The summed E-state index contributed by atoms with van der Waals surface area (Å²) in [4.78, 5) is 18.9. The van der Waals surface area contributed by atoms with E-state index < -0.39 is 0 Å². The van der Waals surface area contributed by atoms with E-state index >= 15 is 0 Å². The van der Waals surface area contributed by atoms with E-state index in [0.717, 1.165) is 18.5 Å².